The summed E-state index contributed by atoms with van der Waals surface area (Å²) in [7, 11) is 1.27. The topological polar surface area (TPSA) is 81.6 Å². The van der Waals surface area contributed by atoms with Crippen molar-refractivity contribution < 1.29 is 19.1 Å². The number of ether oxygens (including phenoxy) is 2. The molecule has 0 aliphatic carbocycles. The predicted octanol–water partition coefficient (Wildman–Crippen LogP) is 0.206. The van der Waals surface area contributed by atoms with Gasteiger partial charge < -0.3 is 14.4 Å². The lowest BCUT2D eigenvalue weighted by atomic mass is 10.2. The van der Waals surface area contributed by atoms with E-state index >= 15 is 0 Å². The van der Waals surface area contributed by atoms with Crippen LogP contribution >= 0.6 is 22.9 Å². The summed E-state index contributed by atoms with van der Waals surface area (Å²) in [5.74, 6) is -0.906. The van der Waals surface area contributed by atoms with Gasteiger partial charge in [0.15, 0.2) is 6.04 Å². The molecule has 2 rings (SSSR count). The number of hydrogen-bond acceptors (Lipinski definition) is 7. The first-order valence-electron chi connectivity index (χ1n) is 5.09. The van der Waals surface area contributed by atoms with Crippen LogP contribution in [0, 0.1) is 0 Å². The zero-order valence-corrected chi connectivity index (χ0v) is 11.0. The molecule has 1 aliphatic rings. The molecule has 1 aliphatic heterocycles. The molecule has 1 fully saturated rings. The van der Waals surface area contributed by atoms with Crippen LogP contribution in [-0.4, -0.2) is 59.9 Å². The van der Waals surface area contributed by atoms with E-state index in [4.69, 9.17) is 16.3 Å². The van der Waals surface area contributed by atoms with Gasteiger partial charge in [-0.15, -0.1) is 10.2 Å². The number of carbonyl (C=O) groups is 2. The third-order valence-electron chi connectivity index (χ3n) is 2.45. The summed E-state index contributed by atoms with van der Waals surface area (Å²) >= 11 is 6.60. The van der Waals surface area contributed by atoms with Crippen molar-refractivity contribution in [2.45, 2.75) is 6.04 Å². The predicted molar refractivity (Wildman–Crippen MR) is 62.6 cm³/mol. The van der Waals surface area contributed by atoms with Gasteiger partial charge in [-0.2, -0.15) is 0 Å². The molecular formula is C9H10ClN3O4S. The summed E-state index contributed by atoms with van der Waals surface area (Å²) in [6.45, 7) is 0.784. The van der Waals surface area contributed by atoms with Crippen LogP contribution in [0.15, 0.2) is 0 Å². The number of carbonyl (C=O) groups excluding carboxylic acids is 2. The number of esters is 1. The molecule has 1 unspecified atom stereocenters. The maximum absolute atomic E-state index is 12.2. The van der Waals surface area contributed by atoms with E-state index in [0.717, 1.165) is 11.3 Å². The average Bonchev–Trinajstić information content (AvgIpc) is 2.83. The van der Waals surface area contributed by atoms with Crippen LogP contribution in [0.1, 0.15) is 9.80 Å². The molecule has 0 radical (unpaired) electrons. The quantitative estimate of drug-likeness (QED) is 0.724. The minimum atomic E-state index is -0.751. The van der Waals surface area contributed by atoms with Gasteiger partial charge in [-0.05, 0) is 11.6 Å². The number of amides is 1. The Bertz CT molecular complexity index is 466. The fraction of sp³-hybridized carbons (Fsp3) is 0.556. The molecule has 2 heterocycles. The maximum Gasteiger partial charge on any atom is 0.331 e. The molecule has 9 heteroatoms. The normalized spacial score (nSPS) is 19.7. The van der Waals surface area contributed by atoms with Crippen molar-refractivity contribution in [3.05, 3.63) is 9.47 Å². The second kappa shape index (κ2) is 5.59. The third kappa shape index (κ3) is 2.60. The molecule has 0 spiro atoms. The van der Waals surface area contributed by atoms with Crippen LogP contribution in [0.3, 0.4) is 0 Å². The highest BCUT2D eigenvalue weighted by atomic mass is 35.5. The van der Waals surface area contributed by atoms with E-state index in [0.29, 0.717) is 13.2 Å². The Balaban J connectivity index is 2.18. The second-order valence-corrected chi connectivity index (χ2v) is 5.03. The van der Waals surface area contributed by atoms with Crippen LogP contribution in [0.4, 0.5) is 0 Å². The number of hydrogen-bond donors (Lipinski definition) is 0. The zero-order chi connectivity index (χ0) is 13.1. The van der Waals surface area contributed by atoms with Gasteiger partial charge in [-0.1, -0.05) is 11.3 Å². The van der Waals surface area contributed by atoms with Crippen LogP contribution < -0.4 is 0 Å². The molecule has 1 aromatic rings. The number of aromatic nitrogens is 2. The fourth-order valence-corrected chi connectivity index (χ4v) is 2.38. The molecule has 0 N–H and O–H groups in total. The summed E-state index contributed by atoms with van der Waals surface area (Å²) in [5, 5.41) is 7.37. The molecular weight excluding hydrogens is 282 g/mol. The number of rotatable bonds is 2. The zero-order valence-electron chi connectivity index (χ0n) is 9.46. The van der Waals surface area contributed by atoms with E-state index in [1.807, 2.05) is 0 Å². The summed E-state index contributed by atoms with van der Waals surface area (Å²) in [6, 6.07) is -0.751. The van der Waals surface area contributed by atoms with E-state index in [1.54, 1.807) is 0 Å². The monoisotopic (exact) mass is 291 g/mol. The lowest BCUT2D eigenvalue weighted by Gasteiger charge is -2.32. The van der Waals surface area contributed by atoms with Gasteiger partial charge in [0.2, 0.25) is 9.47 Å². The Morgan fingerprint density at radius 1 is 1.56 bits per heavy atom. The Kier molecular flexibility index (Phi) is 4.10. The van der Waals surface area contributed by atoms with Crippen molar-refractivity contribution in [1.29, 1.82) is 0 Å². The summed E-state index contributed by atoms with van der Waals surface area (Å²) in [5.41, 5.74) is 0. The van der Waals surface area contributed by atoms with Crippen LogP contribution in [-0.2, 0) is 14.3 Å². The Hall–Kier alpha value is -1.25. The minimum Gasteiger partial charge on any atom is -0.467 e. The SMILES string of the molecule is COC(=O)C1COCCN1C(=O)c1nnc(Cl)s1. The maximum atomic E-state index is 12.2. The van der Waals surface area contributed by atoms with Gasteiger partial charge in [0, 0.05) is 6.54 Å². The molecule has 0 aromatic carbocycles. The van der Waals surface area contributed by atoms with Crippen molar-refractivity contribution in [3.8, 4) is 0 Å². The standard InChI is InChI=1S/C9H10ClN3O4S/c1-16-8(15)5-4-17-3-2-13(5)7(14)6-11-12-9(10)18-6/h5H,2-4H2,1H3. The van der Waals surface area contributed by atoms with Gasteiger partial charge in [0.25, 0.3) is 5.91 Å². The molecule has 0 saturated carbocycles. The number of methoxy groups -OCH3 is 1. The first-order chi connectivity index (χ1) is 8.63. The summed E-state index contributed by atoms with van der Waals surface area (Å²) in [6.07, 6.45) is 0. The molecule has 1 amide bonds. The molecule has 7 nitrogen and oxygen atoms in total. The summed E-state index contributed by atoms with van der Waals surface area (Å²) in [4.78, 5) is 25.1. The second-order valence-electron chi connectivity index (χ2n) is 3.47. The molecule has 98 valence electrons. The molecule has 1 aromatic heterocycles. The van der Waals surface area contributed by atoms with Gasteiger partial charge in [0.1, 0.15) is 0 Å². The lowest BCUT2D eigenvalue weighted by Crippen LogP contribution is -2.53. The van der Waals surface area contributed by atoms with Crippen molar-refractivity contribution in [1.82, 2.24) is 15.1 Å². The van der Waals surface area contributed by atoms with Crippen molar-refractivity contribution in [2.75, 3.05) is 26.9 Å². The Morgan fingerprint density at radius 2 is 2.33 bits per heavy atom. The lowest BCUT2D eigenvalue weighted by molar-refractivity contribution is -0.151. The van der Waals surface area contributed by atoms with Gasteiger partial charge in [0.05, 0.1) is 20.3 Å². The Morgan fingerprint density at radius 3 is 2.94 bits per heavy atom. The van der Waals surface area contributed by atoms with E-state index in [9.17, 15) is 9.59 Å². The van der Waals surface area contributed by atoms with Gasteiger partial charge in [-0.3, -0.25) is 4.79 Å². The smallest absolute Gasteiger partial charge is 0.331 e. The van der Waals surface area contributed by atoms with E-state index in [2.05, 4.69) is 14.9 Å². The first-order valence-corrected chi connectivity index (χ1v) is 6.28. The van der Waals surface area contributed by atoms with E-state index in [1.165, 1.54) is 12.0 Å². The first kappa shape index (κ1) is 13.2. The molecule has 1 atom stereocenters. The van der Waals surface area contributed by atoms with Gasteiger partial charge >= 0.3 is 5.97 Å². The summed E-state index contributed by atoms with van der Waals surface area (Å²) < 4.78 is 9.99. The van der Waals surface area contributed by atoms with Crippen LogP contribution in [0.5, 0.6) is 0 Å². The van der Waals surface area contributed by atoms with Crippen molar-refractivity contribution in [2.24, 2.45) is 0 Å². The number of nitrogens with zero attached hydrogens (tertiary/aromatic N) is 3. The van der Waals surface area contributed by atoms with E-state index < -0.39 is 17.9 Å². The molecule has 0 bridgehead atoms. The molecule has 1 saturated heterocycles. The van der Waals surface area contributed by atoms with Crippen LogP contribution in [0.2, 0.25) is 4.47 Å². The highest BCUT2D eigenvalue weighted by molar-refractivity contribution is 7.17. The van der Waals surface area contributed by atoms with Crippen molar-refractivity contribution in [3.63, 3.8) is 0 Å². The number of morpholine rings is 1. The third-order valence-corrected chi connectivity index (χ3v) is 3.45. The minimum absolute atomic E-state index is 0.116. The average molecular weight is 292 g/mol. The van der Waals surface area contributed by atoms with E-state index in [-0.39, 0.29) is 16.1 Å². The van der Waals surface area contributed by atoms with Gasteiger partial charge in [-0.25, -0.2) is 4.79 Å². The molecule has 18 heavy (non-hydrogen) atoms. The van der Waals surface area contributed by atoms with Crippen LogP contribution in [0.25, 0.3) is 0 Å². The number of halogens is 1. The largest absolute Gasteiger partial charge is 0.467 e. The highest BCUT2D eigenvalue weighted by Gasteiger charge is 2.35. The Labute approximate surface area is 112 Å². The fourth-order valence-electron chi connectivity index (χ4n) is 1.59. The van der Waals surface area contributed by atoms with Crippen molar-refractivity contribution >= 4 is 34.8 Å². The highest BCUT2D eigenvalue weighted by Crippen LogP contribution is 2.19.